The third-order valence-corrected chi connectivity index (χ3v) is 4.95. The molecular formula is C16H16BrClN4O2. The average molecular weight is 412 g/mol. The van der Waals surface area contributed by atoms with E-state index in [-0.39, 0.29) is 17.6 Å². The van der Waals surface area contributed by atoms with Crippen LogP contribution in [0, 0.1) is 0 Å². The number of aromatic amines is 1. The molecule has 8 heteroatoms. The van der Waals surface area contributed by atoms with Crippen LogP contribution in [0.1, 0.15) is 51.8 Å². The highest BCUT2D eigenvalue weighted by atomic mass is 79.9. The molecule has 0 spiro atoms. The molecule has 1 saturated heterocycles. The second kappa shape index (κ2) is 6.94. The van der Waals surface area contributed by atoms with Gasteiger partial charge in [0.15, 0.2) is 0 Å². The number of likely N-dealkylation sites (tertiary alicyclic amines) is 1. The molecule has 2 amide bonds. The van der Waals surface area contributed by atoms with E-state index in [1.54, 1.807) is 29.2 Å². The van der Waals surface area contributed by atoms with Crippen LogP contribution < -0.4 is 5.73 Å². The van der Waals surface area contributed by atoms with Crippen LogP contribution >= 0.6 is 27.5 Å². The number of hydrogen-bond donors (Lipinski definition) is 2. The Morgan fingerprint density at radius 1 is 1.33 bits per heavy atom. The fraction of sp³-hybridized carbons (Fsp3) is 0.312. The molecule has 1 aliphatic rings. The second-order valence-corrected chi connectivity index (χ2v) is 7.03. The van der Waals surface area contributed by atoms with Crippen LogP contribution in [0.4, 0.5) is 0 Å². The number of nitrogens with zero attached hydrogens (tertiary/aromatic N) is 2. The fourth-order valence-electron chi connectivity index (χ4n) is 2.95. The predicted octanol–water partition coefficient (Wildman–Crippen LogP) is 3.29. The number of carbonyl (C=O) groups excluding carboxylic acids is 2. The summed E-state index contributed by atoms with van der Waals surface area (Å²) in [6.45, 7) is 0.622. The zero-order valence-corrected chi connectivity index (χ0v) is 15.1. The molecule has 0 saturated carbocycles. The van der Waals surface area contributed by atoms with Crippen molar-refractivity contribution < 1.29 is 9.59 Å². The van der Waals surface area contributed by atoms with Gasteiger partial charge < -0.3 is 10.6 Å². The van der Waals surface area contributed by atoms with E-state index in [0.29, 0.717) is 22.8 Å². The van der Waals surface area contributed by atoms with Gasteiger partial charge in [-0.2, -0.15) is 5.10 Å². The zero-order valence-electron chi connectivity index (χ0n) is 12.8. The number of nitrogens with one attached hydrogen (secondary N) is 1. The predicted molar refractivity (Wildman–Crippen MR) is 93.9 cm³/mol. The first-order valence-electron chi connectivity index (χ1n) is 7.58. The number of primary amides is 1. The number of nitrogens with two attached hydrogens (primary N) is 1. The van der Waals surface area contributed by atoms with Crippen molar-refractivity contribution in [3.8, 4) is 0 Å². The van der Waals surface area contributed by atoms with Crippen LogP contribution in [-0.2, 0) is 0 Å². The molecule has 1 fully saturated rings. The standard InChI is InChI=1S/C16H16BrClN4O2/c17-9-4-5-11(18)10(7-9)16(24)22-6-2-1-3-14(22)12-8-13(15(19)23)21-20-12/h4-5,7-8,14H,1-3,6H2,(H2,19,23)(H,20,21). The van der Waals surface area contributed by atoms with Crippen LogP contribution in [0.3, 0.4) is 0 Å². The van der Waals surface area contributed by atoms with Gasteiger partial charge in [-0.3, -0.25) is 14.7 Å². The summed E-state index contributed by atoms with van der Waals surface area (Å²) in [6, 6.07) is 6.64. The summed E-state index contributed by atoms with van der Waals surface area (Å²) < 4.78 is 0.793. The van der Waals surface area contributed by atoms with E-state index in [4.69, 9.17) is 17.3 Å². The fourth-order valence-corrected chi connectivity index (χ4v) is 3.51. The Labute approximate surface area is 152 Å². The molecule has 1 unspecified atom stereocenters. The van der Waals surface area contributed by atoms with Gasteiger partial charge in [0.05, 0.1) is 22.3 Å². The molecular weight excluding hydrogens is 396 g/mol. The first kappa shape index (κ1) is 17.0. The molecule has 2 heterocycles. The molecule has 1 aromatic heterocycles. The molecule has 24 heavy (non-hydrogen) atoms. The Balaban J connectivity index is 1.92. The molecule has 1 aliphatic heterocycles. The van der Waals surface area contributed by atoms with Crippen molar-refractivity contribution in [1.82, 2.24) is 15.1 Å². The van der Waals surface area contributed by atoms with Gasteiger partial charge in [0.1, 0.15) is 5.69 Å². The highest BCUT2D eigenvalue weighted by molar-refractivity contribution is 9.10. The first-order chi connectivity index (χ1) is 11.5. The lowest BCUT2D eigenvalue weighted by molar-refractivity contribution is 0.0606. The largest absolute Gasteiger partial charge is 0.364 e. The minimum Gasteiger partial charge on any atom is -0.364 e. The van der Waals surface area contributed by atoms with Crippen LogP contribution in [-0.4, -0.2) is 33.5 Å². The summed E-state index contributed by atoms with van der Waals surface area (Å²) in [5.74, 6) is -0.734. The molecule has 1 atom stereocenters. The van der Waals surface area contributed by atoms with Crippen molar-refractivity contribution in [3.63, 3.8) is 0 Å². The highest BCUT2D eigenvalue weighted by Gasteiger charge is 2.31. The lowest BCUT2D eigenvalue weighted by Gasteiger charge is -2.35. The maximum Gasteiger partial charge on any atom is 0.269 e. The van der Waals surface area contributed by atoms with E-state index in [0.717, 1.165) is 23.7 Å². The van der Waals surface area contributed by atoms with Crippen LogP contribution in [0.5, 0.6) is 0 Å². The molecule has 1 aromatic carbocycles. The second-order valence-electron chi connectivity index (χ2n) is 5.71. The van der Waals surface area contributed by atoms with Crippen molar-refractivity contribution >= 4 is 39.3 Å². The summed E-state index contributed by atoms with van der Waals surface area (Å²) in [5, 5.41) is 7.16. The van der Waals surface area contributed by atoms with Crippen LogP contribution in [0.15, 0.2) is 28.7 Å². The summed E-state index contributed by atoms with van der Waals surface area (Å²) in [6.07, 6.45) is 2.70. The molecule has 0 bridgehead atoms. The Morgan fingerprint density at radius 2 is 2.12 bits per heavy atom. The minimum absolute atomic E-state index is 0.138. The van der Waals surface area contributed by atoms with Gasteiger partial charge in [-0.25, -0.2) is 0 Å². The number of halogens is 2. The van der Waals surface area contributed by atoms with Crippen molar-refractivity contribution in [2.24, 2.45) is 5.73 Å². The number of aromatic nitrogens is 2. The van der Waals surface area contributed by atoms with E-state index in [9.17, 15) is 9.59 Å². The summed E-state index contributed by atoms with van der Waals surface area (Å²) in [4.78, 5) is 26.0. The Kier molecular flexibility index (Phi) is 4.91. The Hall–Kier alpha value is -1.86. The Morgan fingerprint density at radius 3 is 2.83 bits per heavy atom. The highest BCUT2D eigenvalue weighted by Crippen LogP contribution is 2.33. The average Bonchev–Trinajstić information content (AvgIpc) is 3.06. The first-order valence-corrected chi connectivity index (χ1v) is 8.75. The summed E-state index contributed by atoms with van der Waals surface area (Å²) in [5.41, 5.74) is 6.59. The molecule has 126 valence electrons. The Bertz CT molecular complexity index is 792. The molecule has 3 rings (SSSR count). The number of rotatable bonds is 3. The number of benzene rings is 1. The van der Waals surface area contributed by atoms with E-state index in [1.807, 2.05) is 0 Å². The van der Waals surface area contributed by atoms with Gasteiger partial charge in [-0.15, -0.1) is 0 Å². The molecule has 2 aromatic rings. The zero-order chi connectivity index (χ0) is 17.3. The lowest BCUT2D eigenvalue weighted by atomic mass is 9.98. The summed E-state index contributed by atoms with van der Waals surface area (Å²) >= 11 is 9.57. The minimum atomic E-state index is -0.596. The van der Waals surface area contributed by atoms with Gasteiger partial charge in [0.25, 0.3) is 11.8 Å². The number of hydrogen-bond acceptors (Lipinski definition) is 3. The van der Waals surface area contributed by atoms with Crippen LogP contribution in [0.2, 0.25) is 5.02 Å². The van der Waals surface area contributed by atoms with E-state index < -0.39 is 5.91 Å². The molecule has 3 N–H and O–H groups in total. The lowest BCUT2D eigenvalue weighted by Crippen LogP contribution is -2.38. The van der Waals surface area contributed by atoms with E-state index in [2.05, 4.69) is 26.1 Å². The monoisotopic (exact) mass is 410 g/mol. The SMILES string of the molecule is NC(=O)c1cc(C2CCCCN2C(=O)c2cc(Br)ccc2Cl)[nH]n1. The van der Waals surface area contributed by atoms with Crippen LogP contribution in [0.25, 0.3) is 0 Å². The van der Waals surface area contributed by atoms with Gasteiger partial charge >= 0.3 is 0 Å². The van der Waals surface area contributed by atoms with Crippen molar-refractivity contribution in [3.05, 3.63) is 50.7 Å². The summed E-state index contributed by atoms with van der Waals surface area (Å²) in [7, 11) is 0. The topological polar surface area (TPSA) is 92.1 Å². The van der Waals surface area contributed by atoms with E-state index in [1.165, 1.54) is 0 Å². The molecule has 0 aliphatic carbocycles. The van der Waals surface area contributed by atoms with Gasteiger partial charge in [0.2, 0.25) is 0 Å². The third kappa shape index (κ3) is 3.32. The maximum absolute atomic E-state index is 13.0. The third-order valence-electron chi connectivity index (χ3n) is 4.13. The van der Waals surface area contributed by atoms with Crippen molar-refractivity contribution in [2.45, 2.75) is 25.3 Å². The van der Waals surface area contributed by atoms with Gasteiger partial charge in [0, 0.05) is 11.0 Å². The number of H-pyrrole nitrogens is 1. The van der Waals surface area contributed by atoms with Gasteiger partial charge in [-0.1, -0.05) is 27.5 Å². The van der Waals surface area contributed by atoms with Crippen molar-refractivity contribution in [2.75, 3.05) is 6.54 Å². The van der Waals surface area contributed by atoms with Gasteiger partial charge in [-0.05, 0) is 43.5 Å². The molecule has 0 radical (unpaired) electrons. The number of amides is 2. The quantitative estimate of drug-likeness (QED) is 0.811. The number of piperidine rings is 1. The molecule has 6 nitrogen and oxygen atoms in total. The maximum atomic E-state index is 13.0. The van der Waals surface area contributed by atoms with Crippen molar-refractivity contribution in [1.29, 1.82) is 0 Å². The smallest absolute Gasteiger partial charge is 0.269 e. The number of carbonyl (C=O) groups is 2. The van der Waals surface area contributed by atoms with E-state index >= 15 is 0 Å². The normalized spacial score (nSPS) is 17.8.